The predicted octanol–water partition coefficient (Wildman–Crippen LogP) is 4.22. The van der Waals surface area contributed by atoms with Crippen molar-refractivity contribution in [3.05, 3.63) is 76.3 Å². The Morgan fingerprint density at radius 2 is 1.74 bits per heavy atom. The number of benzene rings is 1. The van der Waals surface area contributed by atoms with Gasteiger partial charge in [0.15, 0.2) is 5.13 Å². The van der Waals surface area contributed by atoms with Gasteiger partial charge in [-0.05, 0) is 42.7 Å². The van der Waals surface area contributed by atoms with Gasteiger partial charge in [-0.1, -0.05) is 36.5 Å². The van der Waals surface area contributed by atoms with Crippen molar-refractivity contribution in [1.29, 1.82) is 0 Å². The molecule has 2 N–H and O–H groups in total. The van der Waals surface area contributed by atoms with E-state index < -0.39 is 0 Å². The number of pyridine rings is 1. The number of aryl methyl sites for hydroxylation is 3. The number of rotatable bonds is 8. The second-order valence-corrected chi connectivity index (χ2v) is 10.3. The first-order valence-corrected chi connectivity index (χ1v) is 13.5. The van der Waals surface area contributed by atoms with Crippen molar-refractivity contribution in [3.8, 4) is 0 Å². The van der Waals surface area contributed by atoms with E-state index in [0.717, 1.165) is 49.5 Å². The number of hydrogen-bond donors (Lipinski definition) is 2. The van der Waals surface area contributed by atoms with Crippen molar-refractivity contribution >= 4 is 40.0 Å². The first-order chi connectivity index (χ1) is 18.5. The number of carbonyl (C=O) groups is 1. The van der Waals surface area contributed by atoms with Crippen molar-refractivity contribution in [3.63, 3.8) is 0 Å². The van der Waals surface area contributed by atoms with Gasteiger partial charge in [-0.15, -0.1) is 0 Å². The fraction of sp³-hybridized carbons (Fsp3) is 0.333. The van der Waals surface area contributed by atoms with Crippen molar-refractivity contribution in [2.75, 3.05) is 41.7 Å². The maximum absolute atomic E-state index is 12.9. The molecular formula is C27H31N9OS. The molecule has 11 heteroatoms. The Morgan fingerprint density at radius 1 is 1.00 bits per heavy atom. The lowest BCUT2D eigenvalue weighted by atomic mass is 10.1. The van der Waals surface area contributed by atoms with Gasteiger partial charge in [-0.2, -0.15) is 15.0 Å². The van der Waals surface area contributed by atoms with Crippen LogP contribution in [0.1, 0.15) is 39.1 Å². The third-order valence-corrected chi connectivity index (χ3v) is 7.38. The van der Waals surface area contributed by atoms with E-state index in [-0.39, 0.29) is 5.91 Å². The number of para-hydroxylation sites is 1. The first-order valence-electron chi connectivity index (χ1n) is 12.7. The average molecular weight is 530 g/mol. The zero-order chi connectivity index (χ0) is 26.5. The Kier molecular flexibility index (Phi) is 7.85. The minimum Gasteiger partial charge on any atom is -0.338 e. The molecule has 0 bridgehead atoms. The molecule has 1 fully saturated rings. The van der Waals surface area contributed by atoms with Gasteiger partial charge < -0.3 is 10.2 Å². The summed E-state index contributed by atoms with van der Waals surface area (Å²) in [6, 6.07) is 10.0. The van der Waals surface area contributed by atoms with Crippen LogP contribution in [-0.2, 0) is 13.0 Å². The summed E-state index contributed by atoms with van der Waals surface area (Å²) in [6.07, 6.45) is 5.93. The Bertz CT molecular complexity index is 1380. The zero-order valence-corrected chi connectivity index (χ0v) is 22.6. The molecule has 0 atom stereocenters. The van der Waals surface area contributed by atoms with Crippen LogP contribution < -0.4 is 15.5 Å². The van der Waals surface area contributed by atoms with Gasteiger partial charge in [-0.25, -0.2) is 4.98 Å². The topological polar surface area (TPSA) is 112 Å². The van der Waals surface area contributed by atoms with Crippen molar-refractivity contribution in [1.82, 2.24) is 29.8 Å². The molecule has 38 heavy (non-hydrogen) atoms. The number of carbonyl (C=O) groups excluding carboxylic acids is 1. The number of nitrogens with zero attached hydrogens (tertiary/aromatic N) is 7. The largest absolute Gasteiger partial charge is 0.338 e. The van der Waals surface area contributed by atoms with Crippen LogP contribution in [-0.4, -0.2) is 61.9 Å². The van der Waals surface area contributed by atoms with Crippen LogP contribution in [0.15, 0.2) is 48.9 Å². The second kappa shape index (κ2) is 11.6. The summed E-state index contributed by atoms with van der Waals surface area (Å²) in [5.41, 5.74) is 4.13. The fourth-order valence-electron chi connectivity index (χ4n) is 4.33. The summed E-state index contributed by atoms with van der Waals surface area (Å²) in [5, 5.41) is 6.75. The van der Waals surface area contributed by atoms with Crippen LogP contribution in [0.2, 0.25) is 0 Å². The summed E-state index contributed by atoms with van der Waals surface area (Å²) >= 11 is 1.26. The highest BCUT2D eigenvalue weighted by molar-refractivity contribution is 7.17. The monoisotopic (exact) mass is 529 g/mol. The van der Waals surface area contributed by atoms with Crippen molar-refractivity contribution in [2.45, 2.75) is 33.7 Å². The first kappa shape index (κ1) is 25.7. The lowest BCUT2D eigenvalue weighted by molar-refractivity contribution is 0.103. The van der Waals surface area contributed by atoms with Crippen molar-refractivity contribution in [2.24, 2.45) is 0 Å². The van der Waals surface area contributed by atoms with Crippen molar-refractivity contribution < 1.29 is 4.79 Å². The van der Waals surface area contributed by atoms with Gasteiger partial charge >= 0.3 is 0 Å². The van der Waals surface area contributed by atoms with Gasteiger partial charge in [0, 0.05) is 57.2 Å². The number of hydrogen-bond acceptors (Lipinski definition) is 10. The highest BCUT2D eigenvalue weighted by Gasteiger charge is 2.21. The standard InChI is InChI=1S/C27H31N9OS/c1-4-22-30-25(33-26(31-22)36-14-12-35(13-15-36)17-20-8-10-28-11-9-20)34-27-29-16-21(38-27)24(37)32-23-18(2)6-5-7-19(23)3/h5-11,16H,4,12-15,17H2,1-3H3,(H,32,37)(H,29,30,31,33,34). The van der Waals surface area contributed by atoms with Crippen LogP contribution in [0.4, 0.5) is 22.7 Å². The molecule has 0 aliphatic carbocycles. The lowest BCUT2D eigenvalue weighted by Crippen LogP contribution is -2.46. The molecule has 1 aromatic carbocycles. The fourth-order valence-corrected chi connectivity index (χ4v) is 5.04. The molecule has 1 aliphatic rings. The molecule has 1 amide bonds. The highest BCUT2D eigenvalue weighted by atomic mass is 32.1. The maximum atomic E-state index is 12.9. The van der Waals surface area contributed by atoms with E-state index in [1.165, 1.54) is 16.9 Å². The van der Waals surface area contributed by atoms with Gasteiger partial charge in [-0.3, -0.25) is 20.0 Å². The number of anilines is 4. The number of aromatic nitrogens is 5. The van der Waals surface area contributed by atoms with E-state index in [1.54, 1.807) is 6.20 Å². The number of thiazole rings is 1. The average Bonchev–Trinajstić information content (AvgIpc) is 3.40. The van der Waals surface area contributed by atoms with Gasteiger partial charge in [0.05, 0.1) is 6.20 Å². The summed E-state index contributed by atoms with van der Waals surface area (Å²) in [5.74, 6) is 1.61. The van der Waals surface area contributed by atoms with Crippen LogP contribution in [0.3, 0.4) is 0 Å². The predicted molar refractivity (Wildman–Crippen MR) is 150 cm³/mol. The molecular weight excluding hydrogens is 498 g/mol. The minimum absolute atomic E-state index is 0.192. The third-order valence-electron chi connectivity index (χ3n) is 6.46. The summed E-state index contributed by atoms with van der Waals surface area (Å²) < 4.78 is 0. The molecule has 10 nitrogen and oxygen atoms in total. The van der Waals surface area contributed by atoms with E-state index in [0.29, 0.717) is 34.2 Å². The Balaban J connectivity index is 1.24. The van der Waals surface area contributed by atoms with Crippen LogP contribution in [0.5, 0.6) is 0 Å². The normalized spacial score (nSPS) is 13.9. The molecule has 196 valence electrons. The molecule has 5 rings (SSSR count). The summed E-state index contributed by atoms with van der Waals surface area (Å²) in [7, 11) is 0. The van der Waals surface area contributed by atoms with E-state index >= 15 is 0 Å². The summed E-state index contributed by atoms with van der Waals surface area (Å²) in [6.45, 7) is 10.4. The Morgan fingerprint density at radius 3 is 2.45 bits per heavy atom. The molecule has 1 aliphatic heterocycles. The molecule has 0 radical (unpaired) electrons. The van der Waals surface area contributed by atoms with Crippen LogP contribution in [0.25, 0.3) is 0 Å². The van der Waals surface area contributed by atoms with E-state index in [4.69, 9.17) is 0 Å². The van der Waals surface area contributed by atoms with E-state index in [1.807, 2.05) is 51.4 Å². The molecule has 0 unspecified atom stereocenters. The SMILES string of the molecule is CCc1nc(Nc2ncc(C(=O)Nc3c(C)cccc3C)s2)nc(N2CCN(Cc3ccncc3)CC2)n1. The Labute approximate surface area is 226 Å². The maximum Gasteiger partial charge on any atom is 0.267 e. The molecule has 1 saturated heterocycles. The Hall–Kier alpha value is -3.96. The molecule has 3 aromatic heterocycles. The van der Waals surface area contributed by atoms with Crippen LogP contribution in [0, 0.1) is 13.8 Å². The lowest BCUT2D eigenvalue weighted by Gasteiger charge is -2.34. The minimum atomic E-state index is -0.192. The van der Waals surface area contributed by atoms with E-state index in [9.17, 15) is 4.79 Å². The summed E-state index contributed by atoms with van der Waals surface area (Å²) in [4.78, 5) is 40.4. The van der Waals surface area contributed by atoms with E-state index in [2.05, 4.69) is 57.5 Å². The molecule has 0 saturated carbocycles. The van der Waals surface area contributed by atoms with Gasteiger partial charge in [0.2, 0.25) is 11.9 Å². The highest BCUT2D eigenvalue weighted by Crippen LogP contribution is 2.25. The van der Waals surface area contributed by atoms with Crippen LogP contribution >= 0.6 is 11.3 Å². The zero-order valence-electron chi connectivity index (χ0n) is 21.8. The number of amides is 1. The van der Waals surface area contributed by atoms with Gasteiger partial charge in [0.1, 0.15) is 10.7 Å². The molecule has 0 spiro atoms. The third kappa shape index (κ3) is 6.12. The number of nitrogens with one attached hydrogen (secondary N) is 2. The molecule has 4 aromatic rings. The smallest absolute Gasteiger partial charge is 0.267 e. The molecule has 4 heterocycles. The number of piperazine rings is 1. The van der Waals surface area contributed by atoms with Gasteiger partial charge in [0.25, 0.3) is 5.91 Å². The quantitative estimate of drug-likeness (QED) is 0.346. The second-order valence-electron chi connectivity index (χ2n) is 9.22.